The molecule has 0 aromatic heterocycles. The van der Waals surface area contributed by atoms with Gasteiger partial charge >= 0.3 is 0 Å². The molecule has 0 spiro atoms. The van der Waals surface area contributed by atoms with Crippen molar-refractivity contribution in [2.75, 3.05) is 37.7 Å². The molecule has 1 unspecified atom stereocenters. The minimum absolute atomic E-state index is 0.381. The van der Waals surface area contributed by atoms with Gasteiger partial charge in [-0.2, -0.15) is 11.8 Å². The van der Waals surface area contributed by atoms with E-state index in [4.69, 9.17) is 0 Å². The Bertz CT molecular complexity index is 209. The van der Waals surface area contributed by atoms with Crippen LogP contribution in [0, 0.1) is 5.92 Å². The highest BCUT2D eigenvalue weighted by Gasteiger charge is 2.22. The second-order valence-corrected chi connectivity index (χ2v) is 5.63. The van der Waals surface area contributed by atoms with Crippen molar-refractivity contribution < 1.29 is 4.79 Å². The Balaban J connectivity index is 1.77. The zero-order valence-electron chi connectivity index (χ0n) is 9.21. The van der Waals surface area contributed by atoms with E-state index in [1.807, 2.05) is 11.8 Å². The number of amides is 1. The van der Waals surface area contributed by atoms with E-state index < -0.39 is 0 Å². The fraction of sp³-hybridized carbons (Fsp3) is 0.909. The molecule has 15 heavy (non-hydrogen) atoms. The highest BCUT2D eigenvalue weighted by molar-refractivity contribution is 7.99. The van der Waals surface area contributed by atoms with Crippen molar-refractivity contribution in [3.05, 3.63) is 0 Å². The highest BCUT2D eigenvalue weighted by Crippen LogP contribution is 2.16. The molecule has 0 aromatic rings. The number of rotatable bonds is 2. The van der Waals surface area contributed by atoms with Gasteiger partial charge in [-0.3, -0.25) is 4.79 Å². The summed E-state index contributed by atoms with van der Waals surface area (Å²) in [7, 11) is 0. The lowest BCUT2D eigenvalue weighted by Gasteiger charge is -2.21. The molecule has 2 aliphatic rings. The molecule has 1 amide bonds. The van der Waals surface area contributed by atoms with Crippen molar-refractivity contribution in [1.82, 2.24) is 10.2 Å². The number of carbonyl (C=O) groups excluding carboxylic acids is 1. The topological polar surface area (TPSA) is 32.3 Å². The predicted octanol–water partition coefficient (Wildman–Crippen LogP) is 0.952. The number of hydrogen-bond acceptors (Lipinski definition) is 3. The van der Waals surface area contributed by atoms with Gasteiger partial charge in [-0.1, -0.05) is 0 Å². The van der Waals surface area contributed by atoms with E-state index in [1.165, 1.54) is 18.6 Å². The average molecular weight is 228 g/mol. The Morgan fingerprint density at radius 3 is 3.13 bits per heavy atom. The Morgan fingerprint density at radius 2 is 2.33 bits per heavy atom. The van der Waals surface area contributed by atoms with Crippen molar-refractivity contribution in [1.29, 1.82) is 0 Å². The zero-order valence-corrected chi connectivity index (χ0v) is 10.0. The van der Waals surface area contributed by atoms with Crippen LogP contribution in [0.2, 0.25) is 0 Å². The summed E-state index contributed by atoms with van der Waals surface area (Å²) >= 11 is 1.97. The van der Waals surface area contributed by atoms with Gasteiger partial charge in [0, 0.05) is 25.3 Å². The lowest BCUT2D eigenvalue weighted by molar-refractivity contribution is -0.131. The molecule has 0 saturated carbocycles. The molecule has 0 radical (unpaired) electrons. The highest BCUT2D eigenvalue weighted by atomic mass is 32.2. The summed E-state index contributed by atoms with van der Waals surface area (Å²) in [5, 5.41) is 3.32. The van der Waals surface area contributed by atoms with E-state index in [9.17, 15) is 4.79 Å². The van der Waals surface area contributed by atoms with E-state index in [-0.39, 0.29) is 0 Å². The first kappa shape index (κ1) is 11.3. The minimum Gasteiger partial charge on any atom is -0.342 e. The molecular formula is C11H20N2OS. The largest absolute Gasteiger partial charge is 0.342 e. The van der Waals surface area contributed by atoms with E-state index >= 15 is 0 Å². The Kier molecular flexibility index (Phi) is 4.32. The fourth-order valence-electron chi connectivity index (χ4n) is 2.26. The molecular weight excluding hydrogens is 208 g/mol. The van der Waals surface area contributed by atoms with Crippen LogP contribution in [0.5, 0.6) is 0 Å². The van der Waals surface area contributed by atoms with Crippen LogP contribution in [0.1, 0.15) is 19.3 Å². The summed E-state index contributed by atoms with van der Waals surface area (Å²) in [6, 6.07) is 0. The monoisotopic (exact) mass is 228 g/mol. The Hall–Kier alpha value is -0.220. The molecule has 4 heteroatoms. The standard InChI is InChI=1S/C11H20N2OS/c14-11(8-10-2-3-12-9-10)13-4-1-6-15-7-5-13/h10,12H,1-9H2. The van der Waals surface area contributed by atoms with Crippen LogP contribution in [0.25, 0.3) is 0 Å². The Morgan fingerprint density at radius 1 is 1.40 bits per heavy atom. The summed E-state index contributed by atoms with van der Waals surface area (Å²) in [6.07, 6.45) is 3.10. The van der Waals surface area contributed by atoms with Crippen molar-refractivity contribution in [3.8, 4) is 0 Å². The second kappa shape index (κ2) is 5.75. The van der Waals surface area contributed by atoms with Crippen molar-refractivity contribution >= 4 is 17.7 Å². The summed E-state index contributed by atoms with van der Waals surface area (Å²) in [6.45, 7) is 4.07. The van der Waals surface area contributed by atoms with Crippen LogP contribution in [0.15, 0.2) is 0 Å². The fourth-order valence-corrected chi connectivity index (χ4v) is 3.15. The molecule has 3 nitrogen and oxygen atoms in total. The van der Waals surface area contributed by atoms with Crippen LogP contribution >= 0.6 is 11.8 Å². The number of nitrogens with one attached hydrogen (secondary N) is 1. The van der Waals surface area contributed by atoms with Crippen molar-refractivity contribution in [2.24, 2.45) is 5.92 Å². The van der Waals surface area contributed by atoms with Gasteiger partial charge in [-0.05, 0) is 37.6 Å². The maximum atomic E-state index is 12.0. The van der Waals surface area contributed by atoms with Gasteiger partial charge in [-0.25, -0.2) is 0 Å². The maximum Gasteiger partial charge on any atom is 0.222 e. The van der Waals surface area contributed by atoms with Crippen LogP contribution in [-0.4, -0.2) is 48.5 Å². The van der Waals surface area contributed by atoms with E-state index in [2.05, 4.69) is 10.2 Å². The second-order valence-electron chi connectivity index (χ2n) is 4.41. The smallest absolute Gasteiger partial charge is 0.222 e. The molecule has 1 N–H and O–H groups in total. The summed E-state index contributed by atoms with van der Waals surface area (Å²) < 4.78 is 0. The summed E-state index contributed by atoms with van der Waals surface area (Å²) in [5.41, 5.74) is 0. The Labute approximate surface area is 96.0 Å². The van der Waals surface area contributed by atoms with Crippen LogP contribution in [-0.2, 0) is 4.79 Å². The number of thioether (sulfide) groups is 1. The van der Waals surface area contributed by atoms with Gasteiger partial charge in [0.2, 0.25) is 5.91 Å². The molecule has 1 atom stereocenters. The molecule has 86 valence electrons. The molecule has 2 fully saturated rings. The van der Waals surface area contributed by atoms with E-state index in [1.54, 1.807) is 0 Å². The first-order valence-electron chi connectivity index (χ1n) is 5.92. The third-order valence-corrected chi connectivity index (χ3v) is 4.25. The van der Waals surface area contributed by atoms with E-state index in [0.717, 1.165) is 38.4 Å². The molecule has 2 heterocycles. The maximum absolute atomic E-state index is 12.0. The lowest BCUT2D eigenvalue weighted by Crippen LogP contribution is -2.34. The lowest BCUT2D eigenvalue weighted by atomic mass is 10.0. The van der Waals surface area contributed by atoms with Crippen LogP contribution in [0.3, 0.4) is 0 Å². The number of carbonyl (C=O) groups is 1. The minimum atomic E-state index is 0.381. The van der Waals surface area contributed by atoms with E-state index in [0.29, 0.717) is 11.8 Å². The normalized spacial score (nSPS) is 27.7. The molecule has 2 saturated heterocycles. The van der Waals surface area contributed by atoms with Gasteiger partial charge in [0.05, 0.1) is 0 Å². The summed E-state index contributed by atoms with van der Waals surface area (Å²) in [5.74, 6) is 3.31. The van der Waals surface area contributed by atoms with Gasteiger partial charge in [0.25, 0.3) is 0 Å². The number of nitrogens with zero attached hydrogens (tertiary/aromatic N) is 1. The quantitative estimate of drug-likeness (QED) is 0.764. The third kappa shape index (κ3) is 3.38. The SMILES string of the molecule is O=C(CC1CCNC1)N1CCCSCC1. The average Bonchev–Trinajstić information content (AvgIpc) is 2.58. The molecule has 2 aliphatic heterocycles. The van der Waals surface area contributed by atoms with Crippen LogP contribution in [0.4, 0.5) is 0 Å². The third-order valence-electron chi connectivity index (χ3n) is 3.20. The zero-order chi connectivity index (χ0) is 10.5. The summed E-state index contributed by atoms with van der Waals surface area (Å²) in [4.78, 5) is 14.1. The first-order chi connectivity index (χ1) is 7.36. The molecule has 0 aliphatic carbocycles. The molecule has 0 bridgehead atoms. The molecule has 2 rings (SSSR count). The van der Waals surface area contributed by atoms with Gasteiger partial charge < -0.3 is 10.2 Å². The van der Waals surface area contributed by atoms with Gasteiger partial charge in [0.1, 0.15) is 0 Å². The van der Waals surface area contributed by atoms with Crippen molar-refractivity contribution in [3.63, 3.8) is 0 Å². The van der Waals surface area contributed by atoms with Crippen molar-refractivity contribution in [2.45, 2.75) is 19.3 Å². The number of hydrogen-bond donors (Lipinski definition) is 1. The van der Waals surface area contributed by atoms with Crippen LogP contribution < -0.4 is 5.32 Å². The van der Waals surface area contributed by atoms with Gasteiger partial charge in [0.15, 0.2) is 0 Å². The van der Waals surface area contributed by atoms with Gasteiger partial charge in [-0.15, -0.1) is 0 Å². The molecule has 0 aromatic carbocycles. The predicted molar refractivity (Wildman–Crippen MR) is 64.1 cm³/mol. The first-order valence-corrected chi connectivity index (χ1v) is 7.08.